The van der Waals surface area contributed by atoms with E-state index in [1.807, 2.05) is 25.1 Å². The first-order valence-electron chi connectivity index (χ1n) is 9.24. The molecular formula is C23H27NO3. The molecule has 0 unspecified atom stereocenters. The van der Waals surface area contributed by atoms with Crippen molar-refractivity contribution in [3.63, 3.8) is 0 Å². The molecule has 3 rings (SSSR count). The fourth-order valence-electron chi connectivity index (χ4n) is 3.51. The molecule has 0 bridgehead atoms. The highest BCUT2D eigenvalue weighted by atomic mass is 16.5. The molecule has 0 spiro atoms. The van der Waals surface area contributed by atoms with Crippen LogP contribution in [0.5, 0.6) is 11.5 Å². The number of hydrogen-bond acceptors (Lipinski definition) is 3. The van der Waals surface area contributed by atoms with Crippen molar-refractivity contribution < 1.29 is 14.6 Å². The van der Waals surface area contributed by atoms with Crippen LogP contribution in [0.3, 0.4) is 0 Å². The minimum Gasteiger partial charge on any atom is -0.508 e. The lowest BCUT2D eigenvalue weighted by atomic mass is 9.87. The number of phenolic OH excluding ortho intramolecular Hbond substituents is 1. The maximum absolute atomic E-state index is 12.1. The molecule has 2 aromatic carbocycles. The second-order valence-electron chi connectivity index (χ2n) is 7.99. The van der Waals surface area contributed by atoms with E-state index in [1.165, 1.54) is 5.56 Å². The summed E-state index contributed by atoms with van der Waals surface area (Å²) in [5.74, 6) is 0.999. The SMILES string of the molecule is CC(=O)c1c(C)n(CCOc2ccc(C(C)(C)C)cc2)c2ccc(O)cc12. The van der Waals surface area contributed by atoms with Crippen molar-refractivity contribution in [3.8, 4) is 11.5 Å². The number of nitrogens with zero attached hydrogens (tertiary/aromatic N) is 1. The molecule has 0 fully saturated rings. The summed E-state index contributed by atoms with van der Waals surface area (Å²) < 4.78 is 8.00. The topological polar surface area (TPSA) is 51.5 Å². The molecule has 0 radical (unpaired) electrons. The third-order valence-corrected chi connectivity index (χ3v) is 4.96. The van der Waals surface area contributed by atoms with Gasteiger partial charge in [0.25, 0.3) is 0 Å². The number of phenols is 1. The minimum atomic E-state index is 0.000498. The number of carbonyl (C=O) groups excluding carboxylic acids is 1. The summed E-state index contributed by atoms with van der Waals surface area (Å²) in [5.41, 5.74) is 3.88. The Bertz CT molecular complexity index is 976. The summed E-state index contributed by atoms with van der Waals surface area (Å²) in [6.07, 6.45) is 0. The van der Waals surface area contributed by atoms with Crippen molar-refractivity contribution in [3.05, 3.63) is 59.3 Å². The maximum Gasteiger partial charge on any atom is 0.162 e. The van der Waals surface area contributed by atoms with Gasteiger partial charge in [-0.3, -0.25) is 4.79 Å². The second-order valence-corrected chi connectivity index (χ2v) is 7.99. The normalized spacial score (nSPS) is 11.7. The average Bonchev–Trinajstić information content (AvgIpc) is 2.86. The standard InChI is InChI=1S/C23H27NO3/c1-15-22(16(2)25)20-14-18(26)8-11-21(20)24(15)12-13-27-19-9-6-17(7-10-19)23(3,4)5/h6-11,14,26H,12-13H2,1-5H3. The molecule has 0 saturated carbocycles. The van der Waals surface area contributed by atoms with Crippen LogP contribution in [0, 0.1) is 6.92 Å². The lowest BCUT2D eigenvalue weighted by Crippen LogP contribution is -2.12. The van der Waals surface area contributed by atoms with Gasteiger partial charge in [0.15, 0.2) is 5.78 Å². The fourth-order valence-corrected chi connectivity index (χ4v) is 3.51. The number of benzene rings is 2. The van der Waals surface area contributed by atoms with Crippen LogP contribution < -0.4 is 4.74 Å². The first-order valence-corrected chi connectivity index (χ1v) is 9.24. The zero-order valence-electron chi connectivity index (χ0n) is 16.7. The summed E-state index contributed by atoms with van der Waals surface area (Å²) >= 11 is 0. The highest BCUT2D eigenvalue weighted by Gasteiger charge is 2.18. The van der Waals surface area contributed by atoms with Crippen LogP contribution >= 0.6 is 0 Å². The molecule has 0 aliphatic heterocycles. The van der Waals surface area contributed by atoms with Crippen molar-refractivity contribution in [1.82, 2.24) is 4.57 Å². The number of ether oxygens (including phenoxy) is 1. The van der Waals surface area contributed by atoms with Crippen LogP contribution in [-0.2, 0) is 12.0 Å². The third kappa shape index (κ3) is 3.85. The quantitative estimate of drug-likeness (QED) is 0.630. The zero-order valence-corrected chi connectivity index (χ0v) is 16.7. The van der Waals surface area contributed by atoms with E-state index in [-0.39, 0.29) is 16.9 Å². The number of carbonyl (C=O) groups is 1. The van der Waals surface area contributed by atoms with Crippen LogP contribution in [-0.4, -0.2) is 22.1 Å². The molecule has 1 aromatic heterocycles. The van der Waals surface area contributed by atoms with Crippen molar-refractivity contribution in [2.45, 2.75) is 46.6 Å². The van der Waals surface area contributed by atoms with Gasteiger partial charge in [-0.15, -0.1) is 0 Å². The van der Waals surface area contributed by atoms with Crippen molar-refractivity contribution in [2.75, 3.05) is 6.61 Å². The Balaban J connectivity index is 1.79. The molecule has 4 nitrogen and oxygen atoms in total. The van der Waals surface area contributed by atoms with Gasteiger partial charge in [0.05, 0.1) is 6.54 Å². The summed E-state index contributed by atoms with van der Waals surface area (Å²) in [5, 5.41) is 10.6. The molecule has 0 aliphatic rings. The van der Waals surface area contributed by atoms with E-state index in [0.717, 1.165) is 22.3 Å². The van der Waals surface area contributed by atoms with Crippen molar-refractivity contribution in [2.24, 2.45) is 0 Å². The summed E-state index contributed by atoms with van der Waals surface area (Å²) in [4.78, 5) is 12.1. The van der Waals surface area contributed by atoms with Crippen LogP contribution in [0.25, 0.3) is 10.9 Å². The molecule has 0 saturated heterocycles. The van der Waals surface area contributed by atoms with Gasteiger partial charge in [0, 0.05) is 22.2 Å². The van der Waals surface area contributed by atoms with Crippen molar-refractivity contribution >= 4 is 16.7 Å². The van der Waals surface area contributed by atoms with Gasteiger partial charge < -0.3 is 14.4 Å². The van der Waals surface area contributed by atoms with Crippen molar-refractivity contribution in [1.29, 1.82) is 0 Å². The molecule has 1 heterocycles. The summed E-state index contributed by atoms with van der Waals surface area (Å²) in [7, 11) is 0. The number of rotatable bonds is 5. The monoisotopic (exact) mass is 365 g/mol. The van der Waals surface area contributed by atoms with Gasteiger partial charge in [-0.25, -0.2) is 0 Å². The van der Waals surface area contributed by atoms with Gasteiger partial charge in [-0.1, -0.05) is 32.9 Å². The highest BCUT2D eigenvalue weighted by Crippen LogP contribution is 2.29. The molecule has 4 heteroatoms. The Morgan fingerprint density at radius 1 is 1.11 bits per heavy atom. The molecule has 1 N–H and O–H groups in total. The predicted molar refractivity (Wildman–Crippen MR) is 109 cm³/mol. The van der Waals surface area contributed by atoms with Crippen LogP contribution in [0.2, 0.25) is 0 Å². The lowest BCUT2D eigenvalue weighted by Gasteiger charge is -2.19. The van der Waals surface area contributed by atoms with Gasteiger partial charge in [0.1, 0.15) is 18.1 Å². The number of Topliss-reactive ketones (excluding diaryl/α,β-unsaturated/α-hetero) is 1. The number of aromatic nitrogens is 1. The third-order valence-electron chi connectivity index (χ3n) is 4.96. The Morgan fingerprint density at radius 3 is 2.37 bits per heavy atom. The van der Waals surface area contributed by atoms with Crippen LogP contribution in [0.1, 0.15) is 49.3 Å². The van der Waals surface area contributed by atoms with E-state index in [9.17, 15) is 9.90 Å². The van der Waals surface area contributed by atoms with E-state index in [0.29, 0.717) is 18.7 Å². The Hall–Kier alpha value is -2.75. The first kappa shape index (κ1) is 19.0. The van der Waals surface area contributed by atoms with Gasteiger partial charge in [0.2, 0.25) is 0 Å². The molecule has 27 heavy (non-hydrogen) atoms. The average molecular weight is 365 g/mol. The molecule has 142 valence electrons. The molecule has 0 amide bonds. The van der Waals surface area contributed by atoms with E-state index < -0.39 is 0 Å². The molecular weight excluding hydrogens is 338 g/mol. The number of ketones is 1. The Morgan fingerprint density at radius 2 is 1.78 bits per heavy atom. The Kier molecular flexibility index (Phi) is 5.01. The minimum absolute atomic E-state index is 0.000498. The zero-order chi connectivity index (χ0) is 19.8. The molecule has 3 aromatic rings. The fraction of sp³-hybridized carbons (Fsp3) is 0.348. The highest BCUT2D eigenvalue weighted by molar-refractivity contribution is 6.08. The van der Waals surface area contributed by atoms with Crippen LogP contribution in [0.15, 0.2) is 42.5 Å². The predicted octanol–water partition coefficient (Wildman–Crippen LogP) is 5.23. The van der Waals surface area contributed by atoms with E-state index in [2.05, 4.69) is 37.5 Å². The van der Waals surface area contributed by atoms with Gasteiger partial charge in [-0.05, 0) is 55.2 Å². The van der Waals surface area contributed by atoms with E-state index in [1.54, 1.807) is 19.1 Å². The summed E-state index contributed by atoms with van der Waals surface area (Å²) in [6.45, 7) is 11.2. The number of hydrogen-bond donors (Lipinski definition) is 1. The van der Waals surface area contributed by atoms with Gasteiger partial charge >= 0.3 is 0 Å². The largest absolute Gasteiger partial charge is 0.508 e. The second kappa shape index (κ2) is 7.10. The maximum atomic E-state index is 12.1. The first-order chi connectivity index (χ1) is 12.7. The Labute approximate surface area is 160 Å². The van der Waals surface area contributed by atoms with E-state index in [4.69, 9.17) is 4.74 Å². The molecule has 0 aliphatic carbocycles. The van der Waals surface area contributed by atoms with Gasteiger partial charge in [-0.2, -0.15) is 0 Å². The van der Waals surface area contributed by atoms with E-state index >= 15 is 0 Å². The number of fused-ring (bicyclic) bond motifs is 1. The summed E-state index contributed by atoms with van der Waals surface area (Å²) in [6, 6.07) is 13.4. The van der Waals surface area contributed by atoms with Crippen LogP contribution in [0.4, 0.5) is 0 Å². The number of aromatic hydroxyl groups is 1. The lowest BCUT2D eigenvalue weighted by molar-refractivity contribution is 0.101. The smallest absolute Gasteiger partial charge is 0.162 e. The molecule has 0 atom stereocenters.